The van der Waals surface area contributed by atoms with Gasteiger partial charge in [-0.2, -0.15) is 26.3 Å². The van der Waals surface area contributed by atoms with Crippen molar-refractivity contribution in [1.82, 2.24) is 20.3 Å². The molecular weight excluding hydrogens is 488 g/mol. The van der Waals surface area contributed by atoms with E-state index < -0.39 is 35.0 Å². The van der Waals surface area contributed by atoms with Gasteiger partial charge >= 0.3 is 12.4 Å². The summed E-state index contributed by atoms with van der Waals surface area (Å²) in [5.41, 5.74) is 9.96. The van der Waals surface area contributed by atoms with Crippen LogP contribution in [0, 0.1) is 0 Å². The molecule has 194 valence electrons. The standard InChI is InChI=1S/C23H25F6N7/c1-12(2)19-33-16-7-11-36(20-15(23(27,28)29)4-3-9-32-20)10-6-13(16)17(34-19)21(31)8-5-14(18(30)35-21)22(24,25)26/h3-5,8-9,12,35H,6-7,10-11,30-31H2,1-2H3. The highest BCUT2D eigenvalue weighted by Crippen LogP contribution is 2.37. The molecule has 2 aliphatic rings. The molecule has 36 heavy (non-hydrogen) atoms. The van der Waals surface area contributed by atoms with Crippen molar-refractivity contribution in [2.45, 2.75) is 50.6 Å². The molecular formula is C23H25F6N7. The summed E-state index contributed by atoms with van der Waals surface area (Å²) < 4.78 is 80.6. The molecule has 2 aliphatic heterocycles. The van der Waals surface area contributed by atoms with Crippen LogP contribution in [0.1, 0.15) is 48.1 Å². The summed E-state index contributed by atoms with van der Waals surface area (Å²) >= 11 is 0. The van der Waals surface area contributed by atoms with Gasteiger partial charge in [0.15, 0.2) is 5.66 Å². The molecule has 1 unspecified atom stereocenters. The Morgan fingerprint density at radius 3 is 2.36 bits per heavy atom. The first kappa shape index (κ1) is 25.7. The van der Waals surface area contributed by atoms with E-state index >= 15 is 0 Å². The van der Waals surface area contributed by atoms with E-state index in [1.54, 1.807) is 0 Å². The molecule has 0 aromatic carbocycles. The number of dihydropyridines is 1. The van der Waals surface area contributed by atoms with Crippen LogP contribution >= 0.6 is 0 Å². The molecule has 0 bridgehead atoms. The number of fused-ring (bicyclic) bond motifs is 1. The highest BCUT2D eigenvalue weighted by atomic mass is 19.4. The van der Waals surface area contributed by atoms with Gasteiger partial charge in [0, 0.05) is 42.9 Å². The maximum Gasteiger partial charge on any atom is 0.419 e. The first-order chi connectivity index (χ1) is 16.7. The Labute approximate surface area is 203 Å². The monoisotopic (exact) mass is 513 g/mol. The van der Waals surface area contributed by atoms with Gasteiger partial charge in [0.05, 0.1) is 16.8 Å². The van der Waals surface area contributed by atoms with Gasteiger partial charge in [-0.3, -0.25) is 0 Å². The minimum atomic E-state index is -4.68. The smallest absolute Gasteiger partial charge is 0.385 e. The van der Waals surface area contributed by atoms with Gasteiger partial charge in [0.25, 0.3) is 0 Å². The topological polar surface area (TPSA) is 106 Å². The highest BCUT2D eigenvalue weighted by molar-refractivity contribution is 5.50. The predicted octanol–water partition coefficient (Wildman–Crippen LogP) is 3.62. The molecule has 5 N–H and O–H groups in total. The average molecular weight is 513 g/mol. The number of nitrogens with one attached hydrogen (secondary N) is 1. The van der Waals surface area contributed by atoms with Crippen LogP contribution in [-0.2, 0) is 24.7 Å². The molecule has 2 aromatic rings. The molecule has 1 atom stereocenters. The summed E-state index contributed by atoms with van der Waals surface area (Å²) in [5, 5.41) is 2.54. The number of anilines is 1. The number of nitrogens with two attached hydrogens (primary N) is 2. The minimum Gasteiger partial charge on any atom is -0.385 e. The first-order valence-electron chi connectivity index (χ1n) is 11.2. The van der Waals surface area contributed by atoms with Crippen molar-refractivity contribution in [2.24, 2.45) is 11.5 Å². The van der Waals surface area contributed by atoms with Crippen LogP contribution in [0.3, 0.4) is 0 Å². The van der Waals surface area contributed by atoms with E-state index in [2.05, 4.69) is 20.3 Å². The van der Waals surface area contributed by atoms with Crippen LogP contribution in [0.2, 0.25) is 0 Å². The normalized spacial score (nSPS) is 20.9. The lowest BCUT2D eigenvalue weighted by Crippen LogP contribution is -2.54. The van der Waals surface area contributed by atoms with E-state index in [9.17, 15) is 26.3 Å². The molecule has 0 fully saturated rings. The van der Waals surface area contributed by atoms with Crippen LogP contribution < -0.4 is 21.7 Å². The van der Waals surface area contributed by atoms with Gasteiger partial charge in [-0.15, -0.1) is 0 Å². The molecule has 4 rings (SSSR count). The van der Waals surface area contributed by atoms with Crippen molar-refractivity contribution >= 4 is 5.82 Å². The fraction of sp³-hybridized carbons (Fsp3) is 0.435. The lowest BCUT2D eigenvalue weighted by atomic mass is 9.93. The number of aromatic nitrogens is 3. The molecule has 0 spiro atoms. The van der Waals surface area contributed by atoms with Crippen LogP contribution in [-0.4, -0.2) is 34.2 Å². The second-order valence-corrected chi connectivity index (χ2v) is 9.02. The van der Waals surface area contributed by atoms with E-state index in [4.69, 9.17) is 11.5 Å². The molecule has 13 heteroatoms. The number of hydrogen-bond acceptors (Lipinski definition) is 7. The molecule has 2 aromatic heterocycles. The maximum absolute atomic E-state index is 13.6. The maximum atomic E-state index is 13.6. The van der Waals surface area contributed by atoms with Crippen LogP contribution in [0.4, 0.5) is 32.2 Å². The van der Waals surface area contributed by atoms with Gasteiger partial charge in [-0.05, 0) is 30.7 Å². The van der Waals surface area contributed by atoms with Crippen molar-refractivity contribution in [1.29, 1.82) is 0 Å². The third-order valence-electron chi connectivity index (χ3n) is 6.11. The van der Waals surface area contributed by atoms with Crippen molar-refractivity contribution in [3.8, 4) is 0 Å². The number of alkyl halides is 6. The van der Waals surface area contributed by atoms with Gasteiger partial charge in [-0.1, -0.05) is 13.8 Å². The summed E-state index contributed by atoms with van der Waals surface area (Å²) in [4.78, 5) is 14.7. The number of halogens is 6. The minimum absolute atomic E-state index is 0.142. The highest BCUT2D eigenvalue weighted by Gasteiger charge is 2.42. The Hall–Kier alpha value is -3.35. The van der Waals surface area contributed by atoms with Crippen molar-refractivity contribution in [2.75, 3.05) is 18.0 Å². The Morgan fingerprint density at radius 1 is 1.06 bits per heavy atom. The Balaban J connectivity index is 1.75. The zero-order chi connectivity index (χ0) is 26.5. The fourth-order valence-electron chi connectivity index (χ4n) is 4.32. The number of rotatable bonds is 3. The van der Waals surface area contributed by atoms with Crippen LogP contribution in [0.15, 0.2) is 41.9 Å². The number of pyridine rings is 1. The molecule has 0 saturated heterocycles. The van der Waals surface area contributed by atoms with Crippen molar-refractivity contribution in [3.63, 3.8) is 0 Å². The molecule has 0 radical (unpaired) electrons. The number of hydrogen-bond donors (Lipinski definition) is 3. The summed E-state index contributed by atoms with van der Waals surface area (Å²) in [6.07, 6.45) is -5.57. The molecule has 0 aliphatic carbocycles. The van der Waals surface area contributed by atoms with E-state index in [0.717, 1.165) is 18.2 Å². The van der Waals surface area contributed by atoms with Crippen LogP contribution in [0.5, 0.6) is 0 Å². The molecule has 0 saturated carbocycles. The molecule has 0 amide bonds. The van der Waals surface area contributed by atoms with E-state index in [1.807, 2.05) is 13.8 Å². The largest absolute Gasteiger partial charge is 0.419 e. The summed E-state index contributed by atoms with van der Waals surface area (Å²) in [6, 6.07) is 2.20. The van der Waals surface area contributed by atoms with Gasteiger partial charge in [0.1, 0.15) is 17.5 Å². The third-order valence-corrected chi connectivity index (χ3v) is 6.11. The lowest BCUT2D eigenvalue weighted by Gasteiger charge is -2.34. The van der Waals surface area contributed by atoms with E-state index in [-0.39, 0.29) is 43.4 Å². The van der Waals surface area contributed by atoms with Crippen molar-refractivity contribution < 1.29 is 26.3 Å². The van der Waals surface area contributed by atoms with Gasteiger partial charge in [0.2, 0.25) is 0 Å². The van der Waals surface area contributed by atoms with E-state index in [0.29, 0.717) is 17.1 Å². The average Bonchev–Trinajstić information content (AvgIpc) is 2.99. The summed E-state index contributed by atoms with van der Waals surface area (Å²) in [5.74, 6) is -0.577. The second kappa shape index (κ2) is 8.95. The first-order valence-corrected chi connectivity index (χ1v) is 11.2. The van der Waals surface area contributed by atoms with Crippen LogP contribution in [0.25, 0.3) is 0 Å². The predicted molar refractivity (Wildman–Crippen MR) is 120 cm³/mol. The summed E-state index contributed by atoms with van der Waals surface area (Å²) in [7, 11) is 0. The van der Waals surface area contributed by atoms with Gasteiger partial charge in [-0.25, -0.2) is 15.0 Å². The Morgan fingerprint density at radius 2 is 1.75 bits per heavy atom. The second-order valence-electron chi connectivity index (χ2n) is 9.02. The zero-order valence-corrected chi connectivity index (χ0v) is 19.5. The van der Waals surface area contributed by atoms with Gasteiger partial charge < -0.3 is 21.7 Å². The third kappa shape index (κ3) is 4.84. The number of allylic oxidation sites excluding steroid dienone is 2. The SMILES string of the molecule is CC(C)c1nc2c(c(C3(N)C=CC(C(F)(F)F)=C(N)N3)n1)CCN(c1ncccc1C(F)(F)F)CC2. The molecule has 4 heterocycles. The van der Waals surface area contributed by atoms with Crippen molar-refractivity contribution in [3.05, 3.63) is 70.2 Å². The number of nitrogens with zero attached hydrogens (tertiary/aromatic N) is 4. The Kier molecular flexibility index (Phi) is 6.40. The fourth-order valence-corrected chi connectivity index (χ4v) is 4.32. The zero-order valence-electron chi connectivity index (χ0n) is 19.5. The molecule has 7 nitrogen and oxygen atoms in total. The summed E-state index contributed by atoms with van der Waals surface area (Å²) in [6.45, 7) is 4.04. The quantitative estimate of drug-likeness (QED) is 0.539. The lowest BCUT2D eigenvalue weighted by molar-refractivity contribution is -0.137. The van der Waals surface area contributed by atoms with E-state index in [1.165, 1.54) is 17.2 Å². The Bertz CT molecular complexity index is 1220.